The molecule has 0 bridgehead atoms. The largest absolute Gasteiger partial charge is 0.370 e. The van der Waals surface area contributed by atoms with Gasteiger partial charge >= 0.3 is 0 Å². The second-order valence-corrected chi connectivity index (χ2v) is 5.63. The van der Waals surface area contributed by atoms with Crippen LogP contribution in [0.3, 0.4) is 0 Å². The maximum absolute atomic E-state index is 11.8. The average molecular weight is 257 g/mol. The number of carbonyl (C=O) groups excluding carboxylic acids is 1. The molecular weight excluding hydrogens is 234 g/mol. The lowest BCUT2D eigenvalue weighted by Gasteiger charge is -2.33. The standard InChI is InChI=1S/C17H23NO/c1-4-5-15-12-18(11-10-17(15)19)16-8-6-14(7-9-16)13(2)3/h4,6-9,13,15H,1,5,10-12H2,2-3H3. The van der Waals surface area contributed by atoms with Gasteiger partial charge in [0.2, 0.25) is 0 Å². The summed E-state index contributed by atoms with van der Waals surface area (Å²) in [5.74, 6) is 1.07. The van der Waals surface area contributed by atoms with E-state index in [9.17, 15) is 4.79 Å². The molecule has 1 aliphatic rings. The van der Waals surface area contributed by atoms with Gasteiger partial charge in [0.15, 0.2) is 0 Å². The summed E-state index contributed by atoms with van der Waals surface area (Å²) in [6.07, 6.45) is 3.30. The Bertz CT molecular complexity index is 447. The van der Waals surface area contributed by atoms with Gasteiger partial charge < -0.3 is 4.90 Å². The second kappa shape index (κ2) is 6.05. The molecule has 0 N–H and O–H groups in total. The van der Waals surface area contributed by atoms with Crippen LogP contribution in [0.5, 0.6) is 0 Å². The van der Waals surface area contributed by atoms with Gasteiger partial charge in [-0.3, -0.25) is 4.79 Å². The number of allylic oxidation sites excluding steroid dienone is 1. The van der Waals surface area contributed by atoms with E-state index in [0.29, 0.717) is 18.1 Å². The van der Waals surface area contributed by atoms with Gasteiger partial charge in [-0.25, -0.2) is 0 Å². The average Bonchev–Trinajstić information content (AvgIpc) is 2.41. The van der Waals surface area contributed by atoms with Crippen LogP contribution < -0.4 is 4.90 Å². The molecule has 1 atom stereocenters. The molecule has 1 saturated heterocycles. The summed E-state index contributed by atoms with van der Waals surface area (Å²) in [5, 5.41) is 0. The molecule has 0 spiro atoms. The number of hydrogen-bond acceptors (Lipinski definition) is 2. The Balaban J connectivity index is 2.09. The van der Waals surface area contributed by atoms with Gasteiger partial charge in [0.25, 0.3) is 0 Å². The number of rotatable bonds is 4. The first-order chi connectivity index (χ1) is 9.11. The normalized spacial score (nSPS) is 19.8. The number of ketones is 1. The second-order valence-electron chi connectivity index (χ2n) is 5.63. The van der Waals surface area contributed by atoms with Crippen LogP contribution in [0.25, 0.3) is 0 Å². The highest BCUT2D eigenvalue weighted by molar-refractivity contribution is 5.83. The molecule has 0 amide bonds. The molecule has 1 aliphatic heterocycles. The fourth-order valence-corrected chi connectivity index (χ4v) is 2.62. The topological polar surface area (TPSA) is 20.3 Å². The molecule has 1 aromatic carbocycles. The first-order valence-corrected chi connectivity index (χ1v) is 7.10. The Labute approximate surface area is 116 Å². The van der Waals surface area contributed by atoms with Gasteiger partial charge in [-0.15, -0.1) is 6.58 Å². The number of Topliss-reactive ketones (excluding diaryl/α,β-unsaturated/α-hetero) is 1. The monoisotopic (exact) mass is 257 g/mol. The zero-order chi connectivity index (χ0) is 13.8. The van der Waals surface area contributed by atoms with Crippen molar-refractivity contribution in [2.24, 2.45) is 5.92 Å². The molecule has 2 nitrogen and oxygen atoms in total. The van der Waals surface area contributed by atoms with E-state index < -0.39 is 0 Å². The van der Waals surface area contributed by atoms with E-state index in [0.717, 1.165) is 19.5 Å². The lowest BCUT2D eigenvalue weighted by atomic mass is 9.93. The summed E-state index contributed by atoms with van der Waals surface area (Å²) in [5.41, 5.74) is 2.59. The zero-order valence-electron chi connectivity index (χ0n) is 11.9. The van der Waals surface area contributed by atoms with Crippen LogP contribution in [-0.4, -0.2) is 18.9 Å². The van der Waals surface area contributed by atoms with Gasteiger partial charge in [-0.2, -0.15) is 0 Å². The molecule has 1 aromatic rings. The van der Waals surface area contributed by atoms with Crippen molar-refractivity contribution in [3.8, 4) is 0 Å². The molecule has 1 unspecified atom stereocenters. The molecule has 0 aromatic heterocycles. The molecule has 2 heteroatoms. The van der Waals surface area contributed by atoms with E-state index in [1.807, 2.05) is 6.08 Å². The van der Waals surface area contributed by atoms with Crippen molar-refractivity contribution in [3.63, 3.8) is 0 Å². The smallest absolute Gasteiger partial charge is 0.139 e. The Kier molecular flexibility index (Phi) is 4.41. The van der Waals surface area contributed by atoms with E-state index in [2.05, 4.69) is 49.6 Å². The Morgan fingerprint density at radius 1 is 1.37 bits per heavy atom. The van der Waals surface area contributed by atoms with Crippen LogP contribution in [0.2, 0.25) is 0 Å². The van der Waals surface area contributed by atoms with Gasteiger partial charge in [-0.05, 0) is 30.0 Å². The van der Waals surface area contributed by atoms with Crippen LogP contribution in [-0.2, 0) is 4.79 Å². The number of benzene rings is 1. The third-order valence-electron chi connectivity index (χ3n) is 3.90. The van der Waals surface area contributed by atoms with Crippen molar-refractivity contribution in [3.05, 3.63) is 42.5 Å². The molecule has 0 aliphatic carbocycles. The summed E-state index contributed by atoms with van der Waals surface area (Å²) >= 11 is 0. The molecule has 2 rings (SSSR count). The quantitative estimate of drug-likeness (QED) is 0.765. The molecule has 102 valence electrons. The highest BCUT2D eigenvalue weighted by Gasteiger charge is 2.26. The molecule has 1 heterocycles. The first-order valence-electron chi connectivity index (χ1n) is 7.10. The number of anilines is 1. The summed E-state index contributed by atoms with van der Waals surface area (Å²) < 4.78 is 0. The van der Waals surface area contributed by atoms with Crippen molar-refractivity contribution in [2.75, 3.05) is 18.0 Å². The predicted octanol–water partition coefficient (Wildman–Crippen LogP) is 3.78. The van der Waals surface area contributed by atoms with Crippen molar-refractivity contribution in [2.45, 2.75) is 32.6 Å². The van der Waals surface area contributed by atoms with Crippen LogP contribution in [0.4, 0.5) is 5.69 Å². The number of hydrogen-bond donors (Lipinski definition) is 0. The van der Waals surface area contributed by atoms with Crippen LogP contribution in [0.1, 0.15) is 38.2 Å². The van der Waals surface area contributed by atoms with Crippen molar-refractivity contribution in [1.29, 1.82) is 0 Å². The zero-order valence-corrected chi connectivity index (χ0v) is 11.9. The first kappa shape index (κ1) is 13.9. The third kappa shape index (κ3) is 3.25. The van der Waals surface area contributed by atoms with Crippen molar-refractivity contribution in [1.82, 2.24) is 0 Å². The summed E-state index contributed by atoms with van der Waals surface area (Å²) in [7, 11) is 0. The summed E-state index contributed by atoms with van der Waals surface area (Å²) in [6.45, 7) is 9.82. The molecule has 0 saturated carbocycles. The minimum atomic E-state index is 0.121. The third-order valence-corrected chi connectivity index (χ3v) is 3.90. The van der Waals surface area contributed by atoms with Gasteiger partial charge in [-0.1, -0.05) is 32.1 Å². The van der Waals surface area contributed by atoms with Crippen LogP contribution in [0, 0.1) is 5.92 Å². The minimum absolute atomic E-state index is 0.121. The van der Waals surface area contributed by atoms with Crippen LogP contribution in [0.15, 0.2) is 36.9 Å². The van der Waals surface area contributed by atoms with Crippen LogP contribution >= 0.6 is 0 Å². The number of nitrogens with zero attached hydrogens (tertiary/aromatic N) is 1. The number of carbonyl (C=O) groups is 1. The van der Waals surface area contributed by atoms with E-state index >= 15 is 0 Å². The summed E-state index contributed by atoms with van der Waals surface area (Å²) in [4.78, 5) is 14.1. The highest BCUT2D eigenvalue weighted by Crippen LogP contribution is 2.25. The highest BCUT2D eigenvalue weighted by atomic mass is 16.1. The fourth-order valence-electron chi connectivity index (χ4n) is 2.62. The minimum Gasteiger partial charge on any atom is -0.370 e. The maximum Gasteiger partial charge on any atom is 0.139 e. The van der Waals surface area contributed by atoms with Gasteiger partial charge in [0.05, 0.1) is 0 Å². The van der Waals surface area contributed by atoms with Gasteiger partial charge in [0.1, 0.15) is 5.78 Å². The molecule has 0 radical (unpaired) electrons. The molecule has 19 heavy (non-hydrogen) atoms. The Morgan fingerprint density at radius 2 is 2.05 bits per heavy atom. The summed E-state index contributed by atoms with van der Waals surface area (Å²) in [6, 6.07) is 8.74. The maximum atomic E-state index is 11.8. The van der Waals surface area contributed by atoms with E-state index in [4.69, 9.17) is 0 Å². The number of piperidine rings is 1. The van der Waals surface area contributed by atoms with E-state index in [1.54, 1.807) is 0 Å². The van der Waals surface area contributed by atoms with Crippen molar-refractivity contribution >= 4 is 11.5 Å². The van der Waals surface area contributed by atoms with E-state index in [1.165, 1.54) is 11.3 Å². The predicted molar refractivity (Wildman–Crippen MR) is 80.7 cm³/mol. The Morgan fingerprint density at radius 3 is 2.63 bits per heavy atom. The van der Waals surface area contributed by atoms with Gasteiger partial charge in [0, 0.05) is 31.1 Å². The lowest BCUT2D eigenvalue weighted by Crippen LogP contribution is -2.40. The Hall–Kier alpha value is -1.57. The van der Waals surface area contributed by atoms with Crippen molar-refractivity contribution < 1.29 is 4.79 Å². The molecular formula is C17H23NO. The molecule has 1 fully saturated rings. The van der Waals surface area contributed by atoms with E-state index in [-0.39, 0.29) is 5.92 Å². The fraction of sp³-hybridized carbons (Fsp3) is 0.471. The SMILES string of the molecule is C=CCC1CN(c2ccc(C(C)C)cc2)CCC1=O. The lowest BCUT2D eigenvalue weighted by molar-refractivity contribution is -0.123.